The van der Waals surface area contributed by atoms with Crippen molar-refractivity contribution < 1.29 is 8.42 Å². The van der Waals surface area contributed by atoms with Gasteiger partial charge in [-0.25, -0.2) is 8.42 Å². The molecule has 98 valence electrons. The zero-order valence-electron chi connectivity index (χ0n) is 10.2. The second-order valence-electron chi connectivity index (χ2n) is 3.94. The molecule has 0 saturated carbocycles. The normalized spacial score (nSPS) is 11.8. The molecule has 0 aliphatic heterocycles. The number of allylic oxidation sites excluding steroid dienone is 2. The lowest BCUT2D eigenvalue weighted by molar-refractivity contribution is 0.604. The Kier molecular flexibility index (Phi) is 6.36. The van der Waals surface area contributed by atoms with Gasteiger partial charge >= 0.3 is 0 Å². The minimum atomic E-state index is -3.29. The van der Waals surface area contributed by atoms with Gasteiger partial charge in [0.2, 0.25) is 0 Å². The van der Waals surface area contributed by atoms with E-state index in [1.54, 1.807) is 30.3 Å². The van der Waals surface area contributed by atoms with Crippen molar-refractivity contribution in [2.75, 3.05) is 0 Å². The largest absolute Gasteiger partial charge is 0.219 e. The monoisotopic (exact) mass is 328 g/mol. The summed E-state index contributed by atoms with van der Waals surface area (Å²) in [5.41, 5.74) is 0. The van der Waals surface area contributed by atoms with Gasteiger partial charge in [0.1, 0.15) is 0 Å². The molecule has 0 heterocycles. The van der Waals surface area contributed by atoms with Crippen molar-refractivity contribution in [3.8, 4) is 0 Å². The van der Waals surface area contributed by atoms with Crippen molar-refractivity contribution in [2.24, 2.45) is 0 Å². The summed E-state index contributed by atoms with van der Waals surface area (Å²) in [5.74, 6) is 0. The maximum Gasteiger partial charge on any atom is 0.199 e. The quantitative estimate of drug-likeness (QED) is 0.546. The maximum absolute atomic E-state index is 11.9. The van der Waals surface area contributed by atoms with E-state index in [4.69, 9.17) is 0 Å². The predicted octanol–water partition coefficient (Wildman–Crippen LogP) is 4.48. The third-order valence-corrected chi connectivity index (χ3v) is 4.46. The third-order valence-electron chi connectivity index (χ3n) is 2.45. The van der Waals surface area contributed by atoms with Crippen LogP contribution in [0.15, 0.2) is 57.8 Å². The van der Waals surface area contributed by atoms with Crippen LogP contribution in [-0.2, 0) is 9.84 Å². The Balaban J connectivity index is 2.56. The van der Waals surface area contributed by atoms with Crippen molar-refractivity contribution >= 4 is 25.8 Å². The molecule has 0 bridgehead atoms. The van der Waals surface area contributed by atoms with Crippen LogP contribution in [-0.4, -0.2) is 8.42 Å². The van der Waals surface area contributed by atoms with Crippen LogP contribution in [0.2, 0.25) is 0 Å². The van der Waals surface area contributed by atoms with Crippen LogP contribution in [0.4, 0.5) is 0 Å². The van der Waals surface area contributed by atoms with Gasteiger partial charge in [0.05, 0.1) is 4.90 Å². The molecule has 0 spiro atoms. The number of rotatable bonds is 7. The third kappa shape index (κ3) is 5.19. The van der Waals surface area contributed by atoms with Crippen molar-refractivity contribution in [3.05, 3.63) is 52.9 Å². The molecule has 0 amide bonds. The van der Waals surface area contributed by atoms with Gasteiger partial charge in [0.15, 0.2) is 9.84 Å². The molecule has 4 heteroatoms. The summed E-state index contributed by atoms with van der Waals surface area (Å²) in [6.45, 7) is 3.65. The van der Waals surface area contributed by atoms with E-state index in [1.807, 2.05) is 6.08 Å². The highest BCUT2D eigenvalue weighted by molar-refractivity contribution is 9.10. The minimum Gasteiger partial charge on any atom is -0.219 e. The van der Waals surface area contributed by atoms with Crippen molar-refractivity contribution in [2.45, 2.75) is 30.6 Å². The number of halogens is 1. The summed E-state index contributed by atoms with van der Waals surface area (Å²) in [4.78, 5) is 0.327. The van der Waals surface area contributed by atoms with Gasteiger partial charge in [0.25, 0.3) is 0 Å². The van der Waals surface area contributed by atoms with Crippen LogP contribution >= 0.6 is 15.9 Å². The van der Waals surface area contributed by atoms with E-state index in [9.17, 15) is 8.42 Å². The van der Waals surface area contributed by atoms with Crippen LogP contribution < -0.4 is 0 Å². The fourth-order valence-electron chi connectivity index (χ4n) is 1.45. The first kappa shape index (κ1) is 15.2. The molecular formula is C14H17BrO2S. The summed E-state index contributed by atoms with van der Waals surface area (Å²) in [7, 11) is -3.29. The lowest BCUT2D eigenvalue weighted by Gasteiger charge is -1.99. The Bertz CT molecular complexity index is 501. The Morgan fingerprint density at radius 2 is 1.72 bits per heavy atom. The molecule has 0 saturated heterocycles. The summed E-state index contributed by atoms with van der Waals surface area (Å²) in [6, 6.07) is 6.65. The van der Waals surface area contributed by atoms with Gasteiger partial charge < -0.3 is 0 Å². The van der Waals surface area contributed by atoms with Gasteiger partial charge in [-0.1, -0.05) is 28.1 Å². The number of hydrogen-bond donors (Lipinski definition) is 0. The molecule has 1 rings (SSSR count). The van der Waals surface area contributed by atoms with Gasteiger partial charge in [-0.2, -0.15) is 0 Å². The van der Waals surface area contributed by atoms with Crippen LogP contribution in [0.1, 0.15) is 25.7 Å². The van der Waals surface area contributed by atoms with Crippen molar-refractivity contribution in [1.29, 1.82) is 0 Å². The molecule has 1 aromatic rings. The summed E-state index contributed by atoms with van der Waals surface area (Å²) < 4.78 is 24.7. The summed E-state index contributed by atoms with van der Waals surface area (Å²) in [5, 5.41) is 1.30. The van der Waals surface area contributed by atoms with Crippen LogP contribution in [0.3, 0.4) is 0 Å². The molecule has 0 radical (unpaired) electrons. The standard InChI is InChI=1S/C14H17BrO2S/c1-2-3-4-5-6-7-12-18(16,17)14-10-8-13(15)9-11-14/h2,7-12H,1,3-6H2. The number of unbranched alkanes of at least 4 members (excludes halogenated alkanes) is 3. The average Bonchev–Trinajstić information content (AvgIpc) is 2.34. The van der Waals surface area contributed by atoms with Crippen LogP contribution in [0, 0.1) is 0 Å². The minimum absolute atomic E-state index is 0.327. The summed E-state index contributed by atoms with van der Waals surface area (Å²) in [6.07, 6.45) is 7.39. The Labute approximate surface area is 117 Å². The van der Waals surface area contributed by atoms with E-state index in [1.165, 1.54) is 5.41 Å². The molecule has 2 nitrogen and oxygen atoms in total. The Morgan fingerprint density at radius 3 is 2.33 bits per heavy atom. The second-order valence-corrected chi connectivity index (χ2v) is 6.69. The molecule has 0 unspecified atom stereocenters. The Morgan fingerprint density at radius 1 is 1.11 bits per heavy atom. The molecule has 0 N–H and O–H groups in total. The fraction of sp³-hybridized carbons (Fsp3) is 0.286. The van der Waals surface area contributed by atoms with Crippen LogP contribution in [0.25, 0.3) is 0 Å². The first-order valence-electron chi connectivity index (χ1n) is 5.84. The van der Waals surface area contributed by atoms with E-state index in [-0.39, 0.29) is 0 Å². The number of hydrogen-bond acceptors (Lipinski definition) is 2. The SMILES string of the molecule is C=CCCCCC=CS(=O)(=O)c1ccc(Br)cc1. The van der Waals surface area contributed by atoms with Gasteiger partial charge in [-0.3, -0.25) is 0 Å². The molecular weight excluding hydrogens is 312 g/mol. The first-order valence-corrected chi connectivity index (χ1v) is 8.18. The van der Waals surface area contributed by atoms with Gasteiger partial charge in [-0.05, 0) is 49.9 Å². The zero-order valence-corrected chi connectivity index (χ0v) is 12.6. The molecule has 0 aliphatic rings. The van der Waals surface area contributed by atoms with Crippen molar-refractivity contribution in [3.63, 3.8) is 0 Å². The van der Waals surface area contributed by atoms with E-state index in [2.05, 4.69) is 22.5 Å². The van der Waals surface area contributed by atoms with E-state index in [0.717, 1.165) is 30.2 Å². The van der Waals surface area contributed by atoms with E-state index >= 15 is 0 Å². The van der Waals surface area contributed by atoms with E-state index in [0.29, 0.717) is 4.90 Å². The highest BCUT2D eigenvalue weighted by Crippen LogP contribution is 2.17. The predicted molar refractivity (Wildman–Crippen MR) is 79.1 cm³/mol. The smallest absolute Gasteiger partial charge is 0.199 e. The van der Waals surface area contributed by atoms with Crippen LogP contribution in [0.5, 0.6) is 0 Å². The molecule has 0 fully saturated rings. The maximum atomic E-state index is 11.9. The molecule has 0 aliphatic carbocycles. The average molecular weight is 329 g/mol. The first-order chi connectivity index (χ1) is 8.56. The molecule has 1 aromatic carbocycles. The topological polar surface area (TPSA) is 34.1 Å². The van der Waals surface area contributed by atoms with Gasteiger partial charge in [-0.15, -0.1) is 6.58 Å². The molecule has 0 aromatic heterocycles. The molecule has 0 atom stereocenters. The second kappa shape index (κ2) is 7.54. The van der Waals surface area contributed by atoms with Crippen molar-refractivity contribution in [1.82, 2.24) is 0 Å². The summed E-state index contributed by atoms with van der Waals surface area (Å²) >= 11 is 3.28. The fourth-order valence-corrected chi connectivity index (χ4v) is 2.77. The lowest BCUT2D eigenvalue weighted by Crippen LogP contribution is -1.95. The van der Waals surface area contributed by atoms with Gasteiger partial charge in [0, 0.05) is 9.88 Å². The number of sulfone groups is 1. The Hall–Kier alpha value is -0.870. The zero-order chi connectivity index (χ0) is 13.4. The highest BCUT2D eigenvalue weighted by Gasteiger charge is 2.08. The molecule has 18 heavy (non-hydrogen) atoms. The highest BCUT2D eigenvalue weighted by atomic mass is 79.9. The van der Waals surface area contributed by atoms with E-state index < -0.39 is 9.84 Å². The number of benzene rings is 1. The lowest BCUT2D eigenvalue weighted by atomic mass is 10.2.